The summed E-state index contributed by atoms with van der Waals surface area (Å²) in [6.45, 7) is 2.34. The van der Waals surface area contributed by atoms with Crippen LogP contribution >= 0.6 is 0 Å². The van der Waals surface area contributed by atoms with Crippen LogP contribution in [0.3, 0.4) is 0 Å². The van der Waals surface area contributed by atoms with Gasteiger partial charge >= 0.3 is 5.97 Å². The van der Waals surface area contributed by atoms with Crippen LogP contribution in [-0.4, -0.2) is 28.6 Å². The normalized spacial score (nSPS) is 14.9. The molecule has 1 fully saturated rings. The van der Waals surface area contributed by atoms with E-state index in [4.69, 9.17) is 9.15 Å². The maximum atomic E-state index is 12.5. The number of amides is 1. The van der Waals surface area contributed by atoms with Gasteiger partial charge in [-0.25, -0.2) is 4.79 Å². The van der Waals surface area contributed by atoms with Crippen molar-refractivity contribution in [1.29, 1.82) is 0 Å². The van der Waals surface area contributed by atoms with Crippen molar-refractivity contribution in [2.24, 2.45) is 0 Å². The molecular weight excluding hydrogens is 358 g/mol. The number of esters is 1. The van der Waals surface area contributed by atoms with Crippen LogP contribution in [0.15, 0.2) is 59.0 Å². The van der Waals surface area contributed by atoms with Crippen LogP contribution in [0.25, 0.3) is 11.5 Å². The fourth-order valence-electron chi connectivity index (χ4n) is 3.10. The lowest BCUT2D eigenvalue weighted by Crippen LogP contribution is -2.24. The highest BCUT2D eigenvalue weighted by molar-refractivity contribution is 5.97. The molecule has 0 unspecified atom stereocenters. The van der Waals surface area contributed by atoms with Crippen molar-refractivity contribution in [2.75, 3.05) is 11.4 Å². The Morgan fingerprint density at radius 1 is 1.14 bits per heavy atom. The molecule has 1 saturated heterocycles. The van der Waals surface area contributed by atoms with Gasteiger partial charge in [-0.2, -0.15) is 0 Å². The molecule has 0 aliphatic carbocycles. The number of carbonyl (C=O) groups excluding carboxylic acids is 2. The molecule has 7 nitrogen and oxygen atoms in total. The van der Waals surface area contributed by atoms with E-state index >= 15 is 0 Å². The molecule has 0 spiro atoms. The predicted molar refractivity (Wildman–Crippen MR) is 102 cm³/mol. The molecule has 2 aromatic carbocycles. The van der Waals surface area contributed by atoms with Crippen LogP contribution in [0.4, 0.5) is 5.69 Å². The topological polar surface area (TPSA) is 85.5 Å². The Morgan fingerprint density at radius 2 is 1.96 bits per heavy atom. The Balaban J connectivity index is 1.46. The summed E-state index contributed by atoms with van der Waals surface area (Å²) in [5.74, 6) is 0.143. The Morgan fingerprint density at radius 3 is 2.71 bits per heavy atom. The molecule has 7 heteroatoms. The van der Waals surface area contributed by atoms with Gasteiger partial charge in [0.05, 0.1) is 5.56 Å². The minimum Gasteiger partial charge on any atom is -0.449 e. The van der Waals surface area contributed by atoms with Gasteiger partial charge in [0, 0.05) is 24.2 Å². The molecule has 1 atom stereocenters. The van der Waals surface area contributed by atoms with Crippen molar-refractivity contribution in [3.8, 4) is 11.5 Å². The van der Waals surface area contributed by atoms with Crippen molar-refractivity contribution in [2.45, 2.75) is 25.9 Å². The smallest absolute Gasteiger partial charge is 0.338 e. The number of rotatable bonds is 5. The predicted octanol–water partition coefficient (Wildman–Crippen LogP) is 3.78. The van der Waals surface area contributed by atoms with Crippen molar-refractivity contribution < 1.29 is 18.7 Å². The first-order chi connectivity index (χ1) is 13.6. The van der Waals surface area contributed by atoms with Crippen molar-refractivity contribution in [3.63, 3.8) is 0 Å². The first kappa shape index (κ1) is 17.9. The monoisotopic (exact) mass is 377 g/mol. The molecule has 0 N–H and O–H groups in total. The van der Waals surface area contributed by atoms with Gasteiger partial charge in [-0.1, -0.05) is 24.3 Å². The third-order valence-corrected chi connectivity index (χ3v) is 4.56. The molecule has 142 valence electrons. The molecule has 28 heavy (non-hydrogen) atoms. The second-order valence-corrected chi connectivity index (χ2v) is 6.56. The van der Waals surface area contributed by atoms with E-state index in [0.29, 0.717) is 30.1 Å². The van der Waals surface area contributed by atoms with Gasteiger partial charge in [0.2, 0.25) is 11.8 Å². The molecule has 3 aromatic rings. The Kier molecular flexibility index (Phi) is 4.89. The van der Waals surface area contributed by atoms with E-state index in [1.165, 1.54) is 0 Å². The first-order valence-corrected chi connectivity index (χ1v) is 9.12. The SMILES string of the molecule is C[C@@H](OC(=O)c1cccc(N2CCCC2=O)c1)c1nnc(-c2ccccc2)o1. The average Bonchev–Trinajstić information content (AvgIpc) is 3.38. The number of hydrogen-bond acceptors (Lipinski definition) is 6. The zero-order chi connectivity index (χ0) is 19.5. The molecule has 0 saturated carbocycles. The molecular formula is C21H19N3O4. The zero-order valence-corrected chi connectivity index (χ0v) is 15.4. The Bertz CT molecular complexity index is 1000. The van der Waals surface area contributed by atoms with Crippen molar-refractivity contribution in [1.82, 2.24) is 10.2 Å². The molecule has 1 amide bonds. The molecule has 0 bridgehead atoms. The number of hydrogen-bond donors (Lipinski definition) is 0. The van der Waals surface area contributed by atoms with E-state index < -0.39 is 12.1 Å². The highest BCUT2D eigenvalue weighted by Gasteiger charge is 2.24. The number of ether oxygens (including phenoxy) is 1. The number of nitrogens with zero attached hydrogens (tertiary/aromatic N) is 3. The minimum absolute atomic E-state index is 0.0678. The highest BCUT2D eigenvalue weighted by Crippen LogP contribution is 2.25. The fraction of sp³-hybridized carbons (Fsp3) is 0.238. The Labute approximate surface area is 161 Å². The van der Waals surface area contributed by atoms with Gasteiger partial charge in [0.15, 0.2) is 6.10 Å². The van der Waals surface area contributed by atoms with Crippen molar-refractivity contribution in [3.05, 3.63) is 66.1 Å². The lowest BCUT2D eigenvalue weighted by Gasteiger charge is -2.16. The Hall–Kier alpha value is -3.48. The van der Waals surface area contributed by atoms with Crippen LogP contribution in [0.1, 0.15) is 42.1 Å². The first-order valence-electron chi connectivity index (χ1n) is 9.12. The summed E-state index contributed by atoms with van der Waals surface area (Å²) in [6.07, 6.45) is 0.660. The van der Waals surface area contributed by atoms with Crippen LogP contribution in [0.2, 0.25) is 0 Å². The average molecular weight is 377 g/mol. The molecule has 4 rings (SSSR count). The van der Waals surface area contributed by atoms with Gasteiger partial charge in [-0.3, -0.25) is 4.79 Å². The molecule has 1 aliphatic rings. The van der Waals surface area contributed by atoms with Crippen LogP contribution in [0, 0.1) is 0 Å². The van der Waals surface area contributed by atoms with Gasteiger partial charge in [0.25, 0.3) is 5.89 Å². The summed E-state index contributed by atoms with van der Waals surface area (Å²) in [4.78, 5) is 26.1. The van der Waals surface area contributed by atoms with E-state index in [1.807, 2.05) is 36.4 Å². The third kappa shape index (κ3) is 3.64. The summed E-state index contributed by atoms with van der Waals surface area (Å²) in [5.41, 5.74) is 1.86. The minimum atomic E-state index is -0.700. The summed E-state index contributed by atoms with van der Waals surface area (Å²) >= 11 is 0. The van der Waals surface area contributed by atoms with Crippen molar-refractivity contribution >= 4 is 17.6 Å². The highest BCUT2D eigenvalue weighted by atomic mass is 16.6. The van der Waals surface area contributed by atoms with E-state index in [-0.39, 0.29) is 11.8 Å². The summed E-state index contributed by atoms with van der Waals surface area (Å²) in [5, 5.41) is 7.99. The number of carbonyl (C=O) groups is 2. The molecule has 1 aromatic heterocycles. The summed E-state index contributed by atoms with van der Waals surface area (Å²) < 4.78 is 11.1. The fourth-order valence-corrected chi connectivity index (χ4v) is 3.10. The van der Waals surface area contributed by atoms with Gasteiger partial charge in [-0.15, -0.1) is 10.2 Å². The second-order valence-electron chi connectivity index (χ2n) is 6.56. The second kappa shape index (κ2) is 7.64. The number of anilines is 1. The van der Waals surface area contributed by atoms with E-state index in [1.54, 1.807) is 30.0 Å². The van der Waals surface area contributed by atoms with Crippen LogP contribution < -0.4 is 4.90 Å². The lowest BCUT2D eigenvalue weighted by atomic mass is 10.2. The van der Waals surface area contributed by atoms with E-state index in [2.05, 4.69) is 10.2 Å². The largest absolute Gasteiger partial charge is 0.449 e. The van der Waals surface area contributed by atoms with Gasteiger partial charge in [0.1, 0.15) is 0 Å². The maximum absolute atomic E-state index is 12.5. The standard InChI is InChI=1S/C21H19N3O4/c1-14(19-22-23-20(28-19)15-7-3-2-4-8-15)27-21(26)16-9-5-10-17(13-16)24-12-6-11-18(24)25/h2-5,7-10,13-14H,6,11-12H2,1H3/t14-/m1/s1. The van der Waals surface area contributed by atoms with Gasteiger partial charge < -0.3 is 14.1 Å². The van der Waals surface area contributed by atoms with E-state index in [0.717, 1.165) is 12.0 Å². The molecule has 0 radical (unpaired) electrons. The number of aromatic nitrogens is 2. The van der Waals surface area contributed by atoms with Crippen LogP contribution in [-0.2, 0) is 9.53 Å². The van der Waals surface area contributed by atoms with Gasteiger partial charge in [-0.05, 0) is 43.7 Å². The third-order valence-electron chi connectivity index (χ3n) is 4.56. The van der Waals surface area contributed by atoms with Crippen LogP contribution in [0.5, 0.6) is 0 Å². The molecule has 1 aliphatic heterocycles. The zero-order valence-electron chi connectivity index (χ0n) is 15.4. The quantitative estimate of drug-likeness (QED) is 0.629. The molecule has 2 heterocycles. The van der Waals surface area contributed by atoms with E-state index in [9.17, 15) is 9.59 Å². The maximum Gasteiger partial charge on any atom is 0.338 e. The summed E-state index contributed by atoms with van der Waals surface area (Å²) in [7, 11) is 0. The summed E-state index contributed by atoms with van der Waals surface area (Å²) in [6, 6.07) is 16.2. The number of benzene rings is 2. The lowest BCUT2D eigenvalue weighted by molar-refractivity contribution is -0.117.